The van der Waals surface area contributed by atoms with Crippen molar-refractivity contribution >= 4 is 28.7 Å². The van der Waals surface area contributed by atoms with Crippen molar-refractivity contribution in [3.05, 3.63) is 16.8 Å². The quantitative estimate of drug-likeness (QED) is 0.468. The van der Waals surface area contributed by atoms with Crippen LogP contribution in [0.2, 0.25) is 5.02 Å². The van der Waals surface area contributed by atoms with Crippen LogP contribution in [-0.2, 0) is 24.4 Å². The molecule has 0 radical (unpaired) electrons. The van der Waals surface area contributed by atoms with Crippen LogP contribution in [0.3, 0.4) is 0 Å². The van der Waals surface area contributed by atoms with Crippen LogP contribution in [0, 0.1) is 0 Å². The number of nitrogens with one attached hydrogen (secondary N) is 2. The van der Waals surface area contributed by atoms with Crippen LogP contribution in [0.25, 0.3) is 11.2 Å². The molecule has 0 unspecified atom stereocenters. The first kappa shape index (κ1) is 21.8. The van der Waals surface area contributed by atoms with Gasteiger partial charge in [-0.25, -0.2) is 4.98 Å². The highest BCUT2D eigenvalue weighted by molar-refractivity contribution is 6.32. The summed E-state index contributed by atoms with van der Waals surface area (Å²) in [7, 11) is 0. The number of H-pyrrole nitrogens is 1. The average molecular weight is 467 g/mol. The standard InChI is InChI=1S/C21H27ClN4O6/c1-11(27)23-5-7-29-6-4-21(2-3-21)18-12(22)8-13-19(25-18)26-20(24-13)32-15-10-31-16-14(28)9-30-17(15)16/h8,14-17,28H,2-7,9-10H2,1H3,(H,23,27)(H,24,25,26)/t14-,15-,16-,17-/m1/s1. The van der Waals surface area contributed by atoms with Crippen molar-refractivity contribution in [2.75, 3.05) is 33.0 Å². The smallest absolute Gasteiger partial charge is 0.296 e. The Labute approximate surface area is 189 Å². The van der Waals surface area contributed by atoms with Gasteiger partial charge in [0.05, 0.1) is 36.1 Å². The van der Waals surface area contributed by atoms with Gasteiger partial charge in [-0.2, -0.15) is 4.98 Å². The van der Waals surface area contributed by atoms with E-state index in [9.17, 15) is 9.90 Å². The summed E-state index contributed by atoms with van der Waals surface area (Å²) in [5.41, 5.74) is 1.97. The van der Waals surface area contributed by atoms with E-state index < -0.39 is 6.10 Å². The minimum absolute atomic E-state index is 0.0625. The molecular weight excluding hydrogens is 440 g/mol. The lowest BCUT2D eigenvalue weighted by molar-refractivity contribution is -0.119. The first-order valence-corrected chi connectivity index (χ1v) is 11.3. The molecule has 4 heterocycles. The number of halogens is 1. The number of aromatic amines is 1. The van der Waals surface area contributed by atoms with E-state index in [1.165, 1.54) is 6.92 Å². The Morgan fingerprint density at radius 2 is 2.12 bits per heavy atom. The molecule has 3 fully saturated rings. The average Bonchev–Trinajstić information content (AvgIpc) is 3.07. The minimum atomic E-state index is -0.628. The van der Waals surface area contributed by atoms with Crippen molar-refractivity contribution in [1.82, 2.24) is 20.3 Å². The summed E-state index contributed by atoms with van der Waals surface area (Å²) >= 11 is 6.59. The second-order valence-electron chi connectivity index (χ2n) is 8.68. The third kappa shape index (κ3) is 4.29. The molecule has 1 saturated carbocycles. The number of carbonyl (C=O) groups is 1. The van der Waals surface area contributed by atoms with E-state index in [2.05, 4.69) is 15.3 Å². The van der Waals surface area contributed by atoms with Crippen LogP contribution in [0.1, 0.15) is 31.9 Å². The number of aliphatic hydroxyl groups is 1. The van der Waals surface area contributed by atoms with Gasteiger partial charge in [-0.1, -0.05) is 11.6 Å². The minimum Gasteiger partial charge on any atom is -0.456 e. The second kappa shape index (κ2) is 8.75. The maximum atomic E-state index is 10.9. The third-order valence-electron chi connectivity index (χ3n) is 6.35. The molecule has 174 valence electrons. The van der Waals surface area contributed by atoms with Gasteiger partial charge in [0.25, 0.3) is 6.01 Å². The molecule has 3 N–H and O–H groups in total. The number of pyridine rings is 1. The molecule has 2 aromatic heterocycles. The number of hydrogen-bond acceptors (Lipinski definition) is 8. The fourth-order valence-electron chi connectivity index (χ4n) is 4.44. The number of ether oxygens (including phenoxy) is 4. The van der Waals surface area contributed by atoms with E-state index in [4.69, 9.17) is 35.5 Å². The van der Waals surface area contributed by atoms with Gasteiger partial charge < -0.3 is 34.4 Å². The molecule has 1 aliphatic carbocycles. The number of aliphatic hydroxyl groups excluding tert-OH is 1. The van der Waals surface area contributed by atoms with Crippen LogP contribution < -0.4 is 10.1 Å². The monoisotopic (exact) mass is 466 g/mol. The highest BCUT2D eigenvalue weighted by Crippen LogP contribution is 2.52. The third-order valence-corrected chi connectivity index (χ3v) is 6.64. The number of carbonyl (C=O) groups excluding carboxylic acids is 1. The van der Waals surface area contributed by atoms with Gasteiger partial charge in [-0.3, -0.25) is 4.79 Å². The van der Waals surface area contributed by atoms with E-state index in [1.54, 1.807) is 0 Å². The van der Waals surface area contributed by atoms with Crippen LogP contribution in [0.5, 0.6) is 6.01 Å². The van der Waals surface area contributed by atoms with Gasteiger partial charge >= 0.3 is 0 Å². The van der Waals surface area contributed by atoms with Gasteiger partial charge in [0.1, 0.15) is 18.3 Å². The van der Waals surface area contributed by atoms with Crippen LogP contribution in [0.15, 0.2) is 6.07 Å². The molecule has 32 heavy (non-hydrogen) atoms. The fraction of sp³-hybridized carbons (Fsp3) is 0.667. The molecule has 0 bridgehead atoms. The van der Waals surface area contributed by atoms with Crippen molar-refractivity contribution < 1.29 is 28.8 Å². The molecule has 11 heteroatoms. The highest BCUT2D eigenvalue weighted by Gasteiger charge is 2.49. The maximum Gasteiger partial charge on any atom is 0.296 e. The van der Waals surface area contributed by atoms with Gasteiger partial charge in [0, 0.05) is 25.5 Å². The zero-order valence-electron chi connectivity index (χ0n) is 17.8. The lowest BCUT2D eigenvalue weighted by Crippen LogP contribution is -2.34. The second-order valence-corrected chi connectivity index (χ2v) is 9.08. The molecule has 4 atom stereocenters. The Balaban J connectivity index is 1.23. The Morgan fingerprint density at radius 3 is 2.91 bits per heavy atom. The van der Waals surface area contributed by atoms with E-state index in [0.717, 1.165) is 25.0 Å². The molecule has 2 saturated heterocycles. The zero-order valence-corrected chi connectivity index (χ0v) is 18.6. The molecule has 10 nitrogen and oxygen atoms in total. The largest absolute Gasteiger partial charge is 0.456 e. The maximum absolute atomic E-state index is 10.9. The molecule has 1 amide bonds. The predicted molar refractivity (Wildman–Crippen MR) is 114 cm³/mol. The Hall–Kier alpha value is -1.98. The predicted octanol–water partition coefficient (Wildman–Crippen LogP) is 1.09. The van der Waals surface area contributed by atoms with E-state index in [-0.39, 0.29) is 36.2 Å². The number of nitrogens with zero attached hydrogens (tertiary/aromatic N) is 2. The fourth-order valence-corrected chi connectivity index (χ4v) is 4.79. The number of amides is 1. The zero-order chi connectivity index (χ0) is 22.3. The molecule has 2 aliphatic heterocycles. The summed E-state index contributed by atoms with van der Waals surface area (Å²) in [5, 5.41) is 13.2. The van der Waals surface area contributed by atoms with Crippen molar-refractivity contribution in [1.29, 1.82) is 0 Å². The summed E-state index contributed by atoms with van der Waals surface area (Å²) in [4.78, 5) is 23.3. The van der Waals surface area contributed by atoms with E-state index in [1.807, 2.05) is 6.07 Å². The first-order valence-electron chi connectivity index (χ1n) is 10.9. The molecule has 0 aromatic carbocycles. The molecule has 5 rings (SSSR count). The number of imidazole rings is 1. The number of aromatic nitrogens is 3. The summed E-state index contributed by atoms with van der Waals surface area (Å²) in [6.45, 7) is 3.60. The summed E-state index contributed by atoms with van der Waals surface area (Å²) in [6.07, 6.45) is 1.14. The number of fused-ring (bicyclic) bond motifs is 2. The SMILES string of the molecule is CC(=O)NCCOCCC1(c2nc3nc(O[C@@H]4CO[C@H]5[C@@H]4OC[C@H]5O)[nH]c3cc2Cl)CC1. The number of hydrogen-bond donors (Lipinski definition) is 3. The van der Waals surface area contributed by atoms with Crippen LogP contribution >= 0.6 is 11.6 Å². The van der Waals surface area contributed by atoms with Crippen molar-refractivity contribution in [3.63, 3.8) is 0 Å². The Bertz CT molecular complexity index is 996. The normalized spacial score (nSPS) is 28.1. The topological polar surface area (TPSA) is 128 Å². The summed E-state index contributed by atoms with van der Waals surface area (Å²) in [6, 6.07) is 2.16. The van der Waals surface area contributed by atoms with Crippen molar-refractivity contribution in [2.24, 2.45) is 0 Å². The Morgan fingerprint density at radius 1 is 1.31 bits per heavy atom. The van der Waals surface area contributed by atoms with Gasteiger partial charge in [0.15, 0.2) is 11.8 Å². The van der Waals surface area contributed by atoms with E-state index in [0.29, 0.717) is 48.6 Å². The molecule has 2 aromatic rings. The number of rotatable bonds is 9. The van der Waals surface area contributed by atoms with Crippen molar-refractivity contribution in [2.45, 2.75) is 56.0 Å². The van der Waals surface area contributed by atoms with Gasteiger partial charge in [-0.05, 0) is 25.3 Å². The van der Waals surface area contributed by atoms with E-state index >= 15 is 0 Å². The molecule has 3 aliphatic rings. The van der Waals surface area contributed by atoms with Gasteiger partial charge in [0.2, 0.25) is 5.91 Å². The summed E-state index contributed by atoms with van der Waals surface area (Å²) < 4.78 is 22.8. The Kier molecular flexibility index (Phi) is 5.98. The van der Waals surface area contributed by atoms with Crippen molar-refractivity contribution in [3.8, 4) is 6.01 Å². The molecular formula is C21H27ClN4O6. The van der Waals surface area contributed by atoms with Gasteiger partial charge in [-0.15, -0.1) is 0 Å². The lowest BCUT2D eigenvalue weighted by atomic mass is 9.97. The first-order chi connectivity index (χ1) is 15.4. The van der Waals surface area contributed by atoms with Crippen LogP contribution in [0.4, 0.5) is 0 Å². The lowest BCUT2D eigenvalue weighted by Gasteiger charge is -2.16. The van der Waals surface area contributed by atoms with Crippen LogP contribution in [-0.4, -0.2) is 83.4 Å². The summed E-state index contributed by atoms with van der Waals surface area (Å²) in [5.74, 6) is -0.0625. The molecule has 0 spiro atoms. The highest BCUT2D eigenvalue weighted by atomic mass is 35.5.